The number of alkyl halides is 3. The van der Waals surface area contributed by atoms with Crippen molar-refractivity contribution in [1.82, 2.24) is 20.6 Å². The summed E-state index contributed by atoms with van der Waals surface area (Å²) < 4.78 is 18.9. The minimum Gasteiger partial charge on any atom is -0.440 e. The second-order valence-electron chi connectivity index (χ2n) is 7.28. The van der Waals surface area contributed by atoms with Gasteiger partial charge in [0.05, 0.1) is 11.4 Å². The maximum Gasteiger partial charge on any atom is 0.350 e. The molecule has 3 rings (SSSR count). The molecule has 0 unspecified atom stereocenters. The van der Waals surface area contributed by atoms with Gasteiger partial charge in [-0.05, 0) is 102 Å². The highest BCUT2D eigenvalue weighted by Crippen LogP contribution is 2.39. The molecular weight excluding hydrogens is 883 g/mol. The molecule has 2 aromatic rings. The lowest BCUT2D eigenvalue weighted by Gasteiger charge is -2.22. The predicted octanol–water partition coefficient (Wildman–Crippen LogP) is 5.54. The molecule has 0 saturated carbocycles. The van der Waals surface area contributed by atoms with Gasteiger partial charge in [0.1, 0.15) is 17.8 Å². The zero-order chi connectivity index (χ0) is 24.0. The van der Waals surface area contributed by atoms with Crippen molar-refractivity contribution in [3.8, 4) is 5.75 Å². The summed E-state index contributed by atoms with van der Waals surface area (Å²) in [7, 11) is 0. The van der Waals surface area contributed by atoms with Crippen LogP contribution in [0.25, 0.3) is 0 Å². The van der Waals surface area contributed by atoms with Crippen LogP contribution in [0, 0.1) is 16.4 Å². The summed E-state index contributed by atoms with van der Waals surface area (Å²) >= 11 is 7.19. The number of nitrogens with one attached hydrogen (secondary N) is 3. The summed E-state index contributed by atoms with van der Waals surface area (Å²) in [4.78, 5) is 25.7. The van der Waals surface area contributed by atoms with Crippen molar-refractivity contribution < 1.29 is 13.9 Å². The van der Waals surface area contributed by atoms with E-state index in [1.807, 2.05) is 28.7 Å². The minimum absolute atomic E-state index is 0.237. The number of amides is 1. The molecule has 1 amide bonds. The molecule has 0 bridgehead atoms. The largest absolute Gasteiger partial charge is 0.440 e. The molecule has 0 spiro atoms. The number of piperidine rings is 1. The first-order valence-electron chi connectivity index (χ1n) is 9.99. The summed E-state index contributed by atoms with van der Waals surface area (Å²) in [5.41, 5.74) is 1.55. The molecule has 178 valence electrons. The van der Waals surface area contributed by atoms with E-state index in [1.54, 1.807) is 64.2 Å². The number of carbonyl (C=O) groups is 1. The molecule has 1 saturated heterocycles. The van der Waals surface area contributed by atoms with E-state index in [1.165, 1.54) is 6.33 Å². The fraction of sp³-hybridized carbons (Fsp3) is 0.400. The molecule has 13 heteroatoms. The van der Waals surface area contributed by atoms with Gasteiger partial charge in [0.25, 0.3) is 5.91 Å². The zero-order valence-electron chi connectivity index (χ0n) is 17.5. The highest BCUT2D eigenvalue weighted by Gasteiger charge is 2.25. The molecular formula is C20H21FI4N6O2. The summed E-state index contributed by atoms with van der Waals surface area (Å²) in [5, 5.41) is 9.45. The Morgan fingerprint density at radius 2 is 2.06 bits per heavy atom. The van der Waals surface area contributed by atoms with E-state index >= 15 is 0 Å². The number of rotatable bonds is 8. The Labute approximate surface area is 246 Å². The van der Waals surface area contributed by atoms with Gasteiger partial charge in [-0.2, -0.15) is 4.39 Å². The van der Waals surface area contributed by atoms with Crippen molar-refractivity contribution in [3.05, 3.63) is 33.8 Å². The number of hydrogen-bond acceptors (Lipinski definition) is 7. The van der Waals surface area contributed by atoms with Gasteiger partial charge < -0.3 is 20.7 Å². The average molecular weight is 904 g/mol. The molecule has 1 aromatic carbocycles. The fourth-order valence-electron chi connectivity index (χ4n) is 3.17. The first-order chi connectivity index (χ1) is 15.6. The lowest BCUT2D eigenvalue weighted by molar-refractivity contribution is -0.114. The smallest absolute Gasteiger partial charge is 0.350 e. The van der Waals surface area contributed by atoms with E-state index in [9.17, 15) is 9.18 Å². The number of hydrogen-bond donors (Lipinski definition) is 3. The highest BCUT2D eigenvalue weighted by atomic mass is 127. The maximum atomic E-state index is 14.2. The first kappa shape index (κ1) is 27.4. The van der Waals surface area contributed by atoms with Crippen LogP contribution in [0.2, 0.25) is 0 Å². The van der Waals surface area contributed by atoms with Crippen LogP contribution in [-0.2, 0) is 4.79 Å². The molecule has 0 aliphatic carbocycles. The molecule has 1 aromatic heterocycles. The minimum atomic E-state index is -1.92. The molecule has 1 fully saturated rings. The topological polar surface area (TPSA) is 101 Å². The van der Waals surface area contributed by atoms with Gasteiger partial charge in [-0.3, -0.25) is 4.79 Å². The number of aryl methyl sites for hydroxylation is 1. The maximum absolute atomic E-state index is 14.2. The van der Waals surface area contributed by atoms with Gasteiger partial charge in [-0.1, -0.05) is 0 Å². The number of carbonyl (C=O) groups excluding carboxylic acids is 1. The lowest BCUT2D eigenvalue weighted by atomic mass is 9.98. The van der Waals surface area contributed by atoms with Gasteiger partial charge in [0.2, 0.25) is 0 Å². The Kier molecular flexibility index (Phi) is 10.6. The quantitative estimate of drug-likeness (QED) is 0.183. The average Bonchev–Trinajstić information content (AvgIpc) is 2.75. The second kappa shape index (κ2) is 12.7. The Morgan fingerprint density at radius 3 is 2.76 bits per heavy atom. The normalized spacial score (nSPS) is 15.3. The van der Waals surface area contributed by atoms with Gasteiger partial charge >= 0.3 is 1.87 Å². The Morgan fingerprint density at radius 1 is 1.33 bits per heavy atom. The molecule has 0 radical (unpaired) electrons. The van der Waals surface area contributed by atoms with Crippen molar-refractivity contribution in [2.75, 3.05) is 25.0 Å². The van der Waals surface area contributed by atoms with Crippen LogP contribution in [0.15, 0.2) is 29.5 Å². The molecule has 1 aliphatic heterocycles. The number of benzene rings is 1. The standard InChI is InChI=1S/C20H21FI4N6O2/c1-11-16(31-17(23)19(32)27-9-12-4-6-26-7-5-12)18(29-10-28-11)30-14-3-2-13(22)8-15(14)33-20(21,24)25/h2-3,8,10,12,26H,4-7,9H2,1H3,(H,27,32)(H,28,29,30). The monoisotopic (exact) mass is 904 g/mol. The van der Waals surface area contributed by atoms with E-state index < -0.39 is 1.87 Å². The number of nitrogens with zero attached hydrogens (tertiary/aromatic N) is 3. The molecule has 3 N–H and O–H groups in total. The summed E-state index contributed by atoms with van der Waals surface area (Å²) in [5.74, 6) is 0.948. The number of aromatic nitrogens is 2. The van der Waals surface area contributed by atoms with E-state index in [4.69, 9.17) is 4.74 Å². The summed E-state index contributed by atoms with van der Waals surface area (Å²) in [6.07, 6.45) is 3.50. The SMILES string of the molecule is Cc1ncnc(Nc2ccc(I)cc2OC(F)(I)I)c1N=C(I)C(=O)NCC1CCNCC1. The van der Waals surface area contributed by atoms with Gasteiger partial charge in [0, 0.05) is 55.3 Å². The van der Waals surface area contributed by atoms with Crippen molar-refractivity contribution in [2.24, 2.45) is 10.9 Å². The van der Waals surface area contributed by atoms with Crippen molar-refractivity contribution in [3.63, 3.8) is 0 Å². The molecule has 33 heavy (non-hydrogen) atoms. The van der Waals surface area contributed by atoms with Crippen LogP contribution in [-0.4, -0.2) is 41.1 Å². The van der Waals surface area contributed by atoms with Crippen molar-refractivity contribution in [2.45, 2.75) is 21.6 Å². The summed E-state index contributed by atoms with van der Waals surface area (Å²) in [6, 6.07) is 5.37. The Bertz CT molecular complexity index is 1030. The number of anilines is 2. The van der Waals surface area contributed by atoms with Crippen molar-refractivity contribution in [1.29, 1.82) is 0 Å². The third-order valence-electron chi connectivity index (χ3n) is 4.83. The third-order valence-corrected chi connectivity index (χ3v) is 6.68. The van der Waals surface area contributed by atoms with Crippen LogP contribution < -0.4 is 20.7 Å². The predicted molar refractivity (Wildman–Crippen MR) is 161 cm³/mol. The number of ether oxygens (including phenoxy) is 1. The Balaban J connectivity index is 1.81. The van der Waals surface area contributed by atoms with Crippen LogP contribution in [0.3, 0.4) is 0 Å². The zero-order valence-corrected chi connectivity index (χ0v) is 26.1. The van der Waals surface area contributed by atoms with E-state index in [0.29, 0.717) is 41.1 Å². The summed E-state index contributed by atoms with van der Waals surface area (Å²) in [6.45, 7) is 4.36. The highest BCUT2D eigenvalue weighted by molar-refractivity contribution is 14.2. The number of halogens is 5. The molecule has 2 heterocycles. The number of aliphatic imine (C=N–C) groups is 1. The van der Waals surface area contributed by atoms with Gasteiger partial charge in [-0.15, -0.1) is 0 Å². The van der Waals surface area contributed by atoms with Gasteiger partial charge in [-0.25, -0.2) is 15.0 Å². The van der Waals surface area contributed by atoms with E-state index in [2.05, 4.69) is 53.5 Å². The third kappa shape index (κ3) is 8.78. The Hall–Kier alpha value is -0.150. The molecule has 1 aliphatic rings. The van der Waals surface area contributed by atoms with Crippen molar-refractivity contribution >= 4 is 117 Å². The van der Waals surface area contributed by atoms with Crippen LogP contribution in [0.4, 0.5) is 21.6 Å². The van der Waals surface area contributed by atoms with Crippen LogP contribution in [0.5, 0.6) is 5.75 Å². The van der Waals surface area contributed by atoms with Crippen LogP contribution >= 0.6 is 90.4 Å². The second-order valence-corrected chi connectivity index (χ2v) is 14.4. The van der Waals surface area contributed by atoms with Gasteiger partial charge in [0.15, 0.2) is 9.54 Å². The fourth-order valence-corrected chi connectivity index (χ4v) is 4.54. The molecule has 0 atom stereocenters. The molecule has 8 nitrogen and oxygen atoms in total. The first-order valence-corrected chi connectivity index (χ1v) is 14.3. The van der Waals surface area contributed by atoms with E-state index in [0.717, 1.165) is 29.5 Å². The lowest BCUT2D eigenvalue weighted by Crippen LogP contribution is -2.37. The van der Waals surface area contributed by atoms with E-state index in [-0.39, 0.29) is 9.63 Å². The van der Waals surface area contributed by atoms with Crippen LogP contribution in [0.1, 0.15) is 18.5 Å².